The third-order valence-electron chi connectivity index (χ3n) is 4.54. The Balaban J connectivity index is 1.64. The number of carbonyl (C=O) groups excluding carboxylic acids is 1. The molecule has 3 nitrogen and oxygen atoms in total. The summed E-state index contributed by atoms with van der Waals surface area (Å²) < 4.78 is 13.9. The number of nitrogens with one attached hydrogen (secondary N) is 1. The average molecular weight is 395 g/mol. The fourth-order valence-electron chi connectivity index (χ4n) is 3.22. The van der Waals surface area contributed by atoms with Crippen LogP contribution in [0.15, 0.2) is 36.4 Å². The Labute approximate surface area is 163 Å². The number of amides is 1. The van der Waals surface area contributed by atoms with Crippen LogP contribution in [0, 0.1) is 5.82 Å². The van der Waals surface area contributed by atoms with Crippen molar-refractivity contribution in [3.05, 3.63) is 63.4 Å². The molecule has 0 saturated carbocycles. The Morgan fingerprint density at radius 1 is 1.12 bits per heavy atom. The first-order valence-corrected chi connectivity index (χ1v) is 9.52. The number of hydrogen-bond donors (Lipinski definition) is 1. The second-order valence-corrected chi connectivity index (χ2v) is 7.37. The summed E-state index contributed by atoms with van der Waals surface area (Å²) in [7, 11) is 0. The molecular formula is C20H21Cl2FN2O. The highest BCUT2D eigenvalue weighted by atomic mass is 35.5. The topological polar surface area (TPSA) is 32.3 Å². The van der Waals surface area contributed by atoms with Gasteiger partial charge in [0.05, 0.1) is 16.5 Å². The lowest BCUT2D eigenvalue weighted by atomic mass is 10.1. The molecule has 0 bridgehead atoms. The van der Waals surface area contributed by atoms with Crippen molar-refractivity contribution in [1.82, 2.24) is 4.90 Å². The first kappa shape index (κ1) is 19.2. The van der Waals surface area contributed by atoms with Crippen molar-refractivity contribution < 1.29 is 9.18 Å². The minimum Gasteiger partial charge on any atom is -0.326 e. The summed E-state index contributed by atoms with van der Waals surface area (Å²) in [6.45, 7) is 3.10. The predicted molar refractivity (Wildman–Crippen MR) is 104 cm³/mol. The molecule has 1 aliphatic rings. The van der Waals surface area contributed by atoms with E-state index in [1.807, 2.05) is 18.2 Å². The van der Waals surface area contributed by atoms with E-state index < -0.39 is 5.82 Å². The van der Waals surface area contributed by atoms with Crippen molar-refractivity contribution in [3.63, 3.8) is 0 Å². The molecule has 3 rings (SSSR count). The number of rotatable bonds is 5. The monoisotopic (exact) mass is 394 g/mol. The van der Waals surface area contributed by atoms with Gasteiger partial charge in [-0.25, -0.2) is 4.39 Å². The predicted octanol–water partition coefficient (Wildman–Crippen LogP) is 5.30. The Morgan fingerprint density at radius 3 is 2.65 bits per heavy atom. The summed E-state index contributed by atoms with van der Waals surface area (Å²) in [5.74, 6) is -0.864. The minimum atomic E-state index is -0.534. The zero-order valence-electron chi connectivity index (χ0n) is 14.4. The molecule has 0 radical (unpaired) electrons. The average Bonchev–Trinajstić information content (AvgIpc) is 2.63. The highest BCUT2D eigenvalue weighted by Crippen LogP contribution is 2.28. The molecule has 0 spiro atoms. The second kappa shape index (κ2) is 8.85. The molecule has 1 amide bonds. The Hall–Kier alpha value is -1.62. The molecule has 2 aromatic carbocycles. The Morgan fingerprint density at radius 2 is 1.88 bits per heavy atom. The minimum absolute atomic E-state index is 0.0839. The van der Waals surface area contributed by atoms with Crippen LogP contribution in [0.5, 0.6) is 0 Å². The number of carbonyl (C=O) groups is 1. The summed E-state index contributed by atoms with van der Waals surface area (Å²) in [5, 5.41) is 3.14. The fourth-order valence-corrected chi connectivity index (χ4v) is 3.62. The van der Waals surface area contributed by atoms with Gasteiger partial charge in [-0.1, -0.05) is 41.8 Å². The molecule has 1 N–H and O–H groups in total. The van der Waals surface area contributed by atoms with Crippen molar-refractivity contribution in [1.29, 1.82) is 0 Å². The van der Waals surface area contributed by atoms with Crippen LogP contribution in [0.1, 0.15) is 30.4 Å². The van der Waals surface area contributed by atoms with Gasteiger partial charge in [0.2, 0.25) is 5.91 Å². The molecule has 0 aromatic heterocycles. The van der Waals surface area contributed by atoms with Crippen LogP contribution >= 0.6 is 23.2 Å². The van der Waals surface area contributed by atoms with Gasteiger partial charge in [0.25, 0.3) is 0 Å². The van der Waals surface area contributed by atoms with E-state index in [1.165, 1.54) is 31.4 Å². The first-order chi connectivity index (χ1) is 12.5. The van der Waals surface area contributed by atoms with E-state index in [9.17, 15) is 9.18 Å². The maximum Gasteiger partial charge on any atom is 0.228 e. The van der Waals surface area contributed by atoms with Crippen LogP contribution in [0.25, 0.3) is 0 Å². The van der Waals surface area contributed by atoms with Gasteiger partial charge in [-0.15, -0.1) is 0 Å². The molecule has 0 unspecified atom stereocenters. The van der Waals surface area contributed by atoms with Gasteiger partial charge < -0.3 is 5.32 Å². The fraction of sp³-hybridized carbons (Fsp3) is 0.350. The summed E-state index contributed by atoms with van der Waals surface area (Å²) in [6, 6.07) is 10.4. The number of benzene rings is 2. The van der Waals surface area contributed by atoms with Crippen LogP contribution in [0.3, 0.4) is 0 Å². The van der Waals surface area contributed by atoms with E-state index in [1.54, 1.807) is 0 Å². The van der Waals surface area contributed by atoms with E-state index in [2.05, 4.69) is 16.3 Å². The number of piperidine rings is 1. The second-order valence-electron chi connectivity index (χ2n) is 6.58. The van der Waals surface area contributed by atoms with Crippen molar-refractivity contribution in [2.75, 3.05) is 18.4 Å². The number of nitrogens with zero attached hydrogens (tertiary/aromatic N) is 1. The maximum absolute atomic E-state index is 13.9. The summed E-state index contributed by atoms with van der Waals surface area (Å²) in [5.41, 5.74) is 1.96. The van der Waals surface area contributed by atoms with Crippen molar-refractivity contribution in [2.24, 2.45) is 0 Å². The van der Waals surface area contributed by atoms with Crippen molar-refractivity contribution >= 4 is 34.8 Å². The zero-order valence-corrected chi connectivity index (χ0v) is 15.9. The Kier molecular flexibility index (Phi) is 6.52. The lowest BCUT2D eigenvalue weighted by molar-refractivity contribution is -0.115. The normalized spacial score (nSPS) is 15.0. The lowest BCUT2D eigenvalue weighted by Gasteiger charge is -2.26. The van der Waals surface area contributed by atoms with Crippen molar-refractivity contribution in [3.8, 4) is 0 Å². The summed E-state index contributed by atoms with van der Waals surface area (Å²) in [4.78, 5) is 14.7. The number of hydrogen-bond acceptors (Lipinski definition) is 2. The molecule has 2 aromatic rings. The van der Waals surface area contributed by atoms with Gasteiger partial charge in [-0.05, 0) is 55.8 Å². The third-order valence-corrected chi connectivity index (χ3v) is 5.39. The van der Waals surface area contributed by atoms with Gasteiger partial charge in [0.15, 0.2) is 0 Å². The van der Waals surface area contributed by atoms with E-state index in [4.69, 9.17) is 23.2 Å². The molecule has 1 aliphatic heterocycles. The largest absolute Gasteiger partial charge is 0.326 e. The van der Waals surface area contributed by atoms with Crippen LogP contribution in [-0.2, 0) is 17.8 Å². The van der Waals surface area contributed by atoms with Gasteiger partial charge in [-0.2, -0.15) is 0 Å². The highest BCUT2D eigenvalue weighted by Gasteiger charge is 2.15. The number of likely N-dealkylation sites (tertiary alicyclic amines) is 1. The Bertz CT molecular complexity index is 791. The standard InChI is InChI=1S/C20H21Cl2FN2O/c21-17-7-8-18(23)16(20(17)22)12-19(26)24-15-6-4-5-14(11-15)13-25-9-2-1-3-10-25/h4-8,11H,1-3,9-10,12-13H2,(H,24,26). The molecule has 6 heteroatoms. The molecular weight excluding hydrogens is 374 g/mol. The van der Waals surface area contributed by atoms with Crippen molar-refractivity contribution in [2.45, 2.75) is 32.2 Å². The van der Waals surface area contributed by atoms with E-state index in [-0.39, 0.29) is 27.9 Å². The summed E-state index contributed by atoms with van der Waals surface area (Å²) >= 11 is 11.9. The molecule has 1 saturated heterocycles. The van der Waals surface area contributed by atoms with Crippen LogP contribution in [0.2, 0.25) is 10.0 Å². The number of halogens is 3. The van der Waals surface area contributed by atoms with Crippen LogP contribution in [-0.4, -0.2) is 23.9 Å². The maximum atomic E-state index is 13.9. The molecule has 138 valence electrons. The number of anilines is 1. The molecule has 0 aliphatic carbocycles. The highest BCUT2D eigenvalue weighted by molar-refractivity contribution is 6.42. The van der Waals surface area contributed by atoms with Crippen LogP contribution in [0.4, 0.5) is 10.1 Å². The zero-order chi connectivity index (χ0) is 18.5. The van der Waals surface area contributed by atoms with Crippen LogP contribution < -0.4 is 5.32 Å². The SMILES string of the molecule is O=C(Cc1c(F)ccc(Cl)c1Cl)Nc1cccc(CN2CCCCC2)c1. The molecule has 0 atom stereocenters. The van der Waals surface area contributed by atoms with Gasteiger partial charge in [0.1, 0.15) is 5.82 Å². The van der Waals surface area contributed by atoms with E-state index in [0.29, 0.717) is 5.69 Å². The lowest BCUT2D eigenvalue weighted by Crippen LogP contribution is -2.29. The first-order valence-electron chi connectivity index (χ1n) is 8.76. The quantitative estimate of drug-likeness (QED) is 0.697. The smallest absolute Gasteiger partial charge is 0.228 e. The summed E-state index contributed by atoms with van der Waals surface area (Å²) in [6.07, 6.45) is 3.61. The van der Waals surface area contributed by atoms with Gasteiger partial charge in [-0.3, -0.25) is 9.69 Å². The van der Waals surface area contributed by atoms with Gasteiger partial charge >= 0.3 is 0 Å². The third kappa shape index (κ3) is 4.97. The molecule has 26 heavy (non-hydrogen) atoms. The van der Waals surface area contributed by atoms with E-state index in [0.717, 1.165) is 25.2 Å². The molecule has 1 fully saturated rings. The van der Waals surface area contributed by atoms with E-state index >= 15 is 0 Å². The van der Waals surface area contributed by atoms with Gasteiger partial charge in [0, 0.05) is 17.8 Å². The molecule has 1 heterocycles.